The van der Waals surface area contributed by atoms with Gasteiger partial charge in [-0.1, -0.05) is 24.4 Å². The largest absolute Gasteiger partial charge is 0.340 e. The second kappa shape index (κ2) is 5.39. The highest BCUT2D eigenvalue weighted by Gasteiger charge is 2.21. The van der Waals surface area contributed by atoms with Crippen LogP contribution in [0.5, 0.6) is 0 Å². The summed E-state index contributed by atoms with van der Waals surface area (Å²) in [4.78, 5) is 12.3. The Morgan fingerprint density at radius 1 is 1.37 bits per heavy atom. The summed E-state index contributed by atoms with van der Waals surface area (Å²) in [6.07, 6.45) is 6.82. The number of rotatable bonds is 3. The van der Waals surface area contributed by atoms with Crippen molar-refractivity contribution in [3.63, 3.8) is 0 Å². The van der Waals surface area contributed by atoms with Crippen molar-refractivity contribution in [2.75, 3.05) is 5.32 Å². The van der Waals surface area contributed by atoms with Crippen LogP contribution in [0, 0.1) is 0 Å². The number of hydrogen-bond acceptors (Lipinski definition) is 2. The maximum absolute atomic E-state index is 12.3. The lowest BCUT2D eigenvalue weighted by Crippen LogP contribution is -2.18. The molecule has 100 valence electrons. The van der Waals surface area contributed by atoms with Crippen molar-refractivity contribution in [3.05, 3.63) is 39.8 Å². The molecule has 5 heteroatoms. The molecule has 1 aliphatic rings. The summed E-state index contributed by atoms with van der Waals surface area (Å²) < 4.78 is 2.72. The van der Waals surface area contributed by atoms with Crippen molar-refractivity contribution in [1.82, 2.24) is 4.57 Å². The molecule has 1 amide bonds. The molecule has 2 aromatic rings. The average Bonchev–Trinajstić information content (AvgIpc) is 3.09. The zero-order valence-corrected chi connectivity index (χ0v) is 12.0. The summed E-state index contributed by atoms with van der Waals surface area (Å²) in [7, 11) is 0. The van der Waals surface area contributed by atoms with Gasteiger partial charge < -0.3 is 9.88 Å². The van der Waals surface area contributed by atoms with Crippen LogP contribution < -0.4 is 5.32 Å². The first-order chi connectivity index (χ1) is 9.25. The molecule has 1 aliphatic carbocycles. The van der Waals surface area contributed by atoms with Crippen LogP contribution in [0.2, 0.25) is 4.34 Å². The Kier molecular flexibility index (Phi) is 3.62. The normalized spacial score (nSPS) is 15.8. The lowest BCUT2D eigenvalue weighted by molar-refractivity contribution is 0.101. The molecule has 2 aromatic heterocycles. The molecular formula is C14H15ClN2OS. The van der Waals surface area contributed by atoms with Gasteiger partial charge in [0.25, 0.3) is 5.91 Å². The van der Waals surface area contributed by atoms with E-state index in [0.717, 1.165) is 12.8 Å². The SMILES string of the molecule is O=C(Nc1ccsc1Cl)c1cccn1C1CCCC1. The van der Waals surface area contributed by atoms with Crippen LogP contribution in [-0.4, -0.2) is 10.5 Å². The standard InChI is InChI=1S/C14H15ClN2OS/c15-13-11(7-9-19-13)16-14(18)12-6-3-8-17(12)10-4-1-2-5-10/h3,6-10H,1-2,4-5H2,(H,16,18). The van der Waals surface area contributed by atoms with Gasteiger partial charge in [0.2, 0.25) is 0 Å². The molecule has 0 aromatic carbocycles. The Bertz CT molecular complexity index is 584. The minimum Gasteiger partial charge on any atom is -0.340 e. The molecule has 0 spiro atoms. The molecule has 0 aliphatic heterocycles. The number of anilines is 1. The lowest BCUT2D eigenvalue weighted by Gasteiger charge is -2.15. The van der Waals surface area contributed by atoms with E-state index >= 15 is 0 Å². The second-order valence-electron chi connectivity index (χ2n) is 4.80. The zero-order chi connectivity index (χ0) is 13.2. The van der Waals surface area contributed by atoms with Gasteiger partial charge in [-0.15, -0.1) is 11.3 Å². The van der Waals surface area contributed by atoms with Gasteiger partial charge in [0.05, 0.1) is 5.69 Å². The lowest BCUT2D eigenvalue weighted by atomic mass is 10.2. The van der Waals surface area contributed by atoms with E-state index in [1.54, 1.807) is 0 Å². The molecule has 2 heterocycles. The maximum Gasteiger partial charge on any atom is 0.272 e. The van der Waals surface area contributed by atoms with E-state index in [2.05, 4.69) is 9.88 Å². The first-order valence-electron chi connectivity index (χ1n) is 6.47. The van der Waals surface area contributed by atoms with Crippen molar-refractivity contribution in [3.8, 4) is 0 Å². The molecule has 0 atom stereocenters. The van der Waals surface area contributed by atoms with E-state index in [1.807, 2.05) is 29.8 Å². The summed E-state index contributed by atoms with van der Waals surface area (Å²) >= 11 is 7.43. The molecule has 0 bridgehead atoms. The van der Waals surface area contributed by atoms with E-state index in [1.165, 1.54) is 24.2 Å². The van der Waals surface area contributed by atoms with Crippen LogP contribution in [0.3, 0.4) is 0 Å². The Balaban J connectivity index is 1.80. The van der Waals surface area contributed by atoms with Gasteiger partial charge in [-0.05, 0) is 36.4 Å². The third kappa shape index (κ3) is 2.55. The number of thiophene rings is 1. The van der Waals surface area contributed by atoms with Crippen molar-refractivity contribution < 1.29 is 4.79 Å². The summed E-state index contributed by atoms with van der Waals surface area (Å²) in [5.41, 5.74) is 1.41. The monoisotopic (exact) mass is 294 g/mol. The van der Waals surface area contributed by atoms with Crippen LogP contribution in [0.15, 0.2) is 29.8 Å². The Labute approximate surface area is 121 Å². The molecule has 1 N–H and O–H groups in total. The van der Waals surface area contributed by atoms with Crippen molar-refractivity contribution >= 4 is 34.5 Å². The Hall–Kier alpha value is -1.26. The molecule has 0 saturated heterocycles. The first-order valence-corrected chi connectivity index (χ1v) is 7.72. The molecule has 3 rings (SSSR count). The van der Waals surface area contributed by atoms with Crippen LogP contribution in [0.25, 0.3) is 0 Å². The fraction of sp³-hybridized carbons (Fsp3) is 0.357. The highest BCUT2D eigenvalue weighted by molar-refractivity contribution is 7.15. The van der Waals surface area contributed by atoms with Gasteiger partial charge in [0.1, 0.15) is 10.0 Å². The fourth-order valence-electron chi connectivity index (χ4n) is 2.66. The van der Waals surface area contributed by atoms with Crippen molar-refractivity contribution in [1.29, 1.82) is 0 Å². The average molecular weight is 295 g/mol. The Morgan fingerprint density at radius 2 is 2.16 bits per heavy atom. The van der Waals surface area contributed by atoms with E-state index in [0.29, 0.717) is 21.8 Å². The topological polar surface area (TPSA) is 34.0 Å². The first kappa shape index (κ1) is 12.8. The highest BCUT2D eigenvalue weighted by atomic mass is 35.5. The molecule has 0 unspecified atom stereocenters. The molecular weight excluding hydrogens is 280 g/mol. The van der Waals surface area contributed by atoms with E-state index in [9.17, 15) is 4.79 Å². The number of nitrogens with zero attached hydrogens (tertiary/aromatic N) is 1. The number of halogens is 1. The number of hydrogen-bond donors (Lipinski definition) is 1. The third-order valence-electron chi connectivity index (χ3n) is 3.60. The second-order valence-corrected chi connectivity index (χ2v) is 6.32. The quantitative estimate of drug-likeness (QED) is 0.884. The van der Waals surface area contributed by atoms with E-state index in [4.69, 9.17) is 11.6 Å². The van der Waals surface area contributed by atoms with Crippen LogP contribution in [-0.2, 0) is 0 Å². The Morgan fingerprint density at radius 3 is 2.84 bits per heavy atom. The number of aromatic nitrogens is 1. The van der Waals surface area contributed by atoms with Crippen molar-refractivity contribution in [2.45, 2.75) is 31.7 Å². The molecule has 1 fully saturated rings. The van der Waals surface area contributed by atoms with Gasteiger partial charge >= 0.3 is 0 Å². The molecule has 0 radical (unpaired) electrons. The minimum atomic E-state index is -0.0859. The molecule has 3 nitrogen and oxygen atoms in total. The maximum atomic E-state index is 12.3. The van der Waals surface area contributed by atoms with Gasteiger partial charge in [-0.25, -0.2) is 0 Å². The predicted octanol–water partition coefficient (Wildman–Crippen LogP) is 4.57. The van der Waals surface area contributed by atoms with E-state index in [-0.39, 0.29) is 5.91 Å². The van der Waals surface area contributed by atoms with E-state index < -0.39 is 0 Å². The predicted molar refractivity (Wildman–Crippen MR) is 79.2 cm³/mol. The van der Waals surface area contributed by atoms with Crippen LogP contribution in [0.1, 0.15) is 42.2 Å². The summed E-state index contributed by atoms with van der Waals surface area (Å²) in [6.45, 7) is 0. The third-order valence-corrected chi connectivity index (χ3v) is 4.77. The summed E-state index contributed by atoms with van der Waals surface area (Å²) in [5, 5.41) is 4.74. The highest BCUT2D eigenvalue weighted by Crippen LogP contribution is 2.32. The summed E-state index contributed by atoms with van der Waals surface area (Å²) in [5.74, 6) is -0.0859. The number of amides is 1. The number of carbonyl (C=O) groups excluding carboxylic acids is 1. The van der Waals surface area contributed by atoms with Crippen LogP contribution in [0.4, 0.5) is 5.69 Å². The van der Waals surface area contributed by atoms with Gasteiger partial charge in [0, 0.05) is 12.2 Å². The molecule has 19 heavy (non-hydrogen) atoms. The zero-order valence-electron chi connectivity index (χ0n) is 10.4. The fourth-order valence-corrected chi connectivity index (χ4v) is 3.49. The summed E-state index contributed by atoms with van der Waals surface area (Å²) in [6, 6.07) is 6.10. The van der Waals surface area contributed by atoms with Gasteiger partial charge in [-0.2, -0.15) is 0 Å². The number of carbonyl (C=O) groups is 1. The van der Waals surface area contributed by atoms with Crippen LogP contribution >= 0.6 is 22.9 Å². The van der Waals surface area contributed by atoms with Gasteiger partial charge in [-0.3, -0.25) is 4.79 Å². The van der Waals surface area contributed by atoms with Crippen molar-refractivity contribution in [2.24, 2.45) is 0 Å². The van der Waals surface area contributed by atoms with Gasteiger partial charge in [0.15, 0.2) is 0 Å². The molecule has 1 saturated carbocycles. The minimum absolute atomic E-state index is 0.0859. The number of nitrogens with one attached hydrogen (secondary N) is 1. The smallest absolute Gasteiger partial charge is 0.272 e.